The molecule has 0 heterocycles. The maximum atomic E-state index is 13.0. The number of rotatable bonds is 7. The zero-order chi connectivity index (χ0) is 22.1. The van der Waals surface area contributed by atoms with Crippen molar-refractivity contribution < 1.29 is 21.6 Å². The lowest BCUT2D eigenvalue weighted by molar-refractivity contribution is -0.137. The number of nitrogens with one attached hydrogen (secondary N) is 1. The van der Waals surface area contributed by atoms with Crippen LogP contribution in [0.15, 0.2) is 59.0 Å². The summed E-state index contributed by atoms with van der Waals surface area (Å²) in [6.45, 7) is 6.04. The number of benzene rings is 2. The molecule has 2 aromatic carbocycles. The van der Waals surface area contributed by atoms with Crippen LogP contribution >= 0.6 is 0 Å². The molecule has 1 N–H and O–H groups in total. The van der Waals surface area contributed by atoms with Crippen LogP contribution in [0.3, 0.4) is 0 Å². The van der Waals surface area contributed by atoms with Crippen LogP contribution in [0.2, 0.25) is 0 Å². The first-order valence-corrected chi connectivity index (χ1v) is 11.4. The molecule has 0 spiro atoms. The molecule has 1 saturated carbocycles. The van der Waals surface area contributed by atoms with Gasteiger partial charge in [0.05, 0.1) is 10.5 Å². The fourth-order valence-corrected chi connectivity index (χ4v) is 4.76. The summed E-state index contributed by atoms with van der Waals surface area (Å²) in [5, 5.41) is 0. The number of alkyl halides is 3. The fourth-order valence-electron chi connectivity index (χ4n) is 3.71. The molecule has 7 heteroatoms. The van der Waals surface area contributed by atoms with Crippen molar-refractivity contribution in [1.82, 2.24) is 4.72 Å². The largest absolute Gasteiger partial charge is 0.416 e. The van der Waals surface area contributed by atoms with E-state index in [1.807, 2.05) is 20.8 Å². The van der Waals surface area contributed by atoms with Crippen LogP contribution in [-0.4, -0.2) is 15.0 Å². The Morgan fingerprint density at radius 1 is 1.10 bits per heavy atom. The third-order valence-electron chi connectivity index (χ3n) is 5.83. The minimum absolute atomic E-state index is 0.247. The van der Waals surface area contributed by atoms with Gasteiger partial charge in [0.15, 0.2) is 0 Å². The lowest BCUT2D eigenvalue weighted by Crippen LogP contribution is -2.25. The van der Waals surface area contributed by atoms with E-state index in [1.165, 1.54) is 12.1 Å². The van der Waals surface area contributed by atoms with E-state index >= 15 is 0 Å². The Hall–Kier alpha value is -2.12. The number of sulfonamides is 1. The molecular weight excluding hydrogens is 411 g/mol. The van der Waals surface area contributed by atoms with Gasteiger partial charge in [-0.25, -0.2) is 13.1 Å². The molecule has 162 valence electrons. The Labute approximate surface area is 176 Å². The highest BCUT2D eigenvalue weighted by Gasteiger charge is 2.38. The topological polar surface area (TPSA) is 46.2 Å². The summed E-state index contributed by atoms with van der Waals surface area (Å²) < 4.78 is 66.3. The maximum absolute atomic E-state index is 13.0. The molecule has 2 unspecified atom stereocenters. The fraction of sp³-hybridized carbons (Fsp3) is 0.391. The van der Waals surface area contributed by atoms with Crippen LogP contribution in [0.25, 0.3) is 5.57 Å². The van der Waals surface area contributed by atoms with Gasteiger partial charge in [-0.1, -0.05) is 35.4 Å². The molecule has 0 saturated heterocycles. The van der Waals surface area contributed by atoms with E-state index in [0.717, 1.165) is 29.2 Å². The normalized spacial score (nSPS) is 20.1. The average molecular weight is 438 g/mol. The summed E-state index contributed by atoms with van der Waals surface area (Å²) in [6.07, 6.45) is -2.74. The predicted octanol–water partition coefficient (Wildman–Crippen LogP) is 5.81. The van der Waals surface area contributed by atoms with Crippen LogP contribution in [0.1, 0.15) is 43.4 Å². The van der Waals surface area contributed by atoms with Gasteiger partial charge in [0.25, 0.3) is 0 Å². The molecule has 0 radical (unpaired) electrons. The van der Waals surface area contributed by atoms with Crippen molar-refractivity contribution in [2.24, 2.45) is 11.8 Å². The summed E-state index contributed by atoms with van der Waals surface area (Å²) in [5.74, 6) is 0.620. The van der Waals surface area contributed by atoms with Gasteiger partial charge in [0.1, 0.15) is 0 Å². The van der Waals surface area contributed by atoms with Crippen molar-refractivity contribution in [1.29, 1.82) is 0 Å². The molecule has 2 atom stereocenters. The van der Waals surface area contributed by atoms with Crippen molar-refractivity contribution in [2.75, 3.05) is 6.54 Å². The van der Waals surface area contributed by atoms with Crippen molar-refractivity contribution in [2.45, 2.75) is 44.7 Å². The summed E-state index contributed by atoms with van der Waals surface area (Å²) >= 11 is 0. The Bertz CT molecular complexity index is 1040. The van der Waals surface area contributed by atoms with E-state index in [-0.39, 0.29) is 10.8 Å². The van der Waals surface area contributed by atoms with E-state index in [2.05, 4.69) is 4.72 Å². The second-order valence-electron chi connectivity index (χ2n) is 7.99. The highest BCUT2D eigenvalue weighted by Crippen LogP contribution is 2.48. The summed E-state index contributed by atoms with van der Waals surface area (Å²) in [5.41, 5.74) is 2.85. The van der Waals surface area contributed by atoms with Crippen LogP contribution in [0, 0.1) is 18.8 Å². The molecule has 3 nitrogen and oxygen atoms in total. The van der Waals surface area contributed by atoms with Gasteiger partial charge in [0.2, 0.25) is 10.0 Å². The number of hydrogen-bond acceptors (Lipinski definition) is 2. The van der Waals surface area contributed by atoms with Crippen molar-refractivity contribution in [3.05, 3.63) is 70.8 Å². The van der Waals surface area contributed by atoms with Crippen LogP contribution in [0.4, 0.5) is 13.2 Å². The van der Waals surface area contributed by atoms with Crippen LogP contribution in [0.5, 0.6) is 0 Å². The highest BCUT2D eigenvalue weighted by atomic mass is 32.2. The summed E-state index contributed by atoms with van der Waals surface area (Å²) in [4.78, 5) is 0.247. The van der Waals surface area contributed by atoms with Gasteiger partial charge >= 0.3 is 6.18 Å². The molecule has 2 aromatic rings. The van der Waals surface area contributed by atoms with Crippen LogP contribution < -0.4 is 4.72 Å². The standard InChI is InChI=1S/C23H26F3NO2S/c1-15-7-9-21(10-8-15)30(28,29)27-12-11-19-14-22(19)17(3)16(2)18-5-4-6-20(13-18)23(24,25)26/h4-10,13,19,22,27H,11-12,14H2,1-3H3/b17-16+. The second-order valence-corrected chi connectivity index (χ2v) is 9.76. The van der Waals surface area contributed by atoms with Gasteiger partial charge < -0.3 is 0 Å². The molecule has 0 aliphatic heterocycles. The maximum Gasteiger partial charge on any atom is 0.416 e. The predicted molar refractivity (Wildman–Crippen MR) is 112 cm³/mol. The average Bonchev–Trinajstić information content (AvgIpc) is 3.46. The van der Waals surface area contributed by atoms with E-state index in [0.29, 0.717) is 24.4 Å². The van der Waals surface area contributed by atoms with Gasteiger partial charge in [-0.2, -0.15) is 13.2 Å². The number of halogens is 3. The quantitative estimate of drug-likeness (QED) is 0.594. The Morgan fingerprint density at radius 3 is 2.40 bits per heavy atom. The lowest BCUT2D eigenvalue weighted by atomic mass is 9.96. The smallest absolute Gasteiger partial charge is 0.211 e. The molecule has 0 aromatic heterocycles. The third kappa shape index (κ3) is 5.32. The first-order chi connectivity index (χ1) is 14.0. The van der Waals surface area contributed by atoms with Crippen molar-refractivity contribution in [3.63, 3.8) is 0 Å². The first-order valence-electron chi connectivity index (χ1n) is 9.90. The van der Waals surface area contributed by atoms with Gasteiger partial charge in [-0.3, -0.25) is 0 Å². The monoisotopic (exact) mass is 437 g/mol. The molecule has 0 bridgehead atoms. The summed E-state index contributed by atoms with van der Waals surface area (Å²) in [7, 11) is -3.53. The Kier molecular flexibility index (Phi) is 6.43. The van der Waals surface area contributed by atoms with E-state index in [9.17, 15) is 21.6 Å². The Morgan fingerprint density at radius 2 is 1.77 bits per heavy atom. The SMILES string of the molecule is C/C(=C(/C)C1CC1CCNS(=O)(=O)c1ccc(C)cc1)c1cccc(C(F)(F)F)c1. The van der Waals surface area contributed by atoms with E-state index < -0.39 is 21.8 Å². The van der Waals surface area contributed by atoms with Gasteiger partial charge in [-0.15, -0.1) is 0 Å². The molecule has 30 heavy (non-hydrogen) atoms. The Balaban J connectivity index is 1.59. The van der Waals surface area contributed by atoms with Crippen molar-refractivity contribution >= 4 is 15.6 Å². The lowest BCUT2D eigenvalue weighted by Gasteiger charge is -2.12. The molecule has 3 rings (SSSR count). The molecule has 1 aliphatic rings. The summed E-state index contributed by atoms with van der Waals surface area (Å²) in [6, 6.07) is 12.1. The minimum Gasteiger partial charge on any atom is -0.211 e. The van der Waals surface area contributed by atoms with E-state index in [4.69, 9.17) is 0 Å². The van der Waals surface area contributed by atoms with Crippen molar-refractivity contribution in [3.8, 4) is 0 Å². The zero-order valence-corrected chi connectivity index (χ0v) is 18.1. The number of aryl methyl sites for hydroxylation is 1. The molecular formula is C23H26F3NO2S. The second kappa shape index (κ2) is 8.55. The molecule has 1 fully saturated rings. The minimum atomic E-state index is -4.36. The van der Waals surface area contributed by atoms with Gasteiger partial charge in [-0.05, 0) is 80.9 Å². The first kappa shape index (κ1) is 22.6. The van der Waals surface area contributed by atoms with E-state index in [1.54, 1.807) is 30.3 Å². The van der Waals surface area contributed by atoms with Crippen LogP contribution in [-0.2, 0) is 16.2 Å². The molecule has 1 aliphatic carbocycles. The van der Waals surface area contributed by atoms with Gasteiger partial charge in [0, 0.05) is 6.54 Å². The number of hydrogen-bond donors (Lipinski definition) is 1. The third-order valence-corrected chi connectivity index (χ3v) is 7.31. The highest BCUT2D eigenvalue weighted by molar-refractivity contribution is 7.89. The molecule has 0 amide bonds. The zero-order valence-electron chi connectivity index (χ0n) is 17.3. The number of allylic oxidation sites excluding steroid dienone is 2.